The van der Waals surface area contributed by atoms with Gasteiger partial charge < -0.3 is 11.1 Å². The molecule has 0 spiro atoms. The molecule has 27 heavy (non-hydrogen) atoms. The second-order valence-electron chi connectivity index (χ2n) is 7.22. The maximum atomic E-state index is 13.6. The fourth-order valence-corrected chi connectivity index (χ4v) is 3.97. The summed E-state index contributed by atoms with van der Waals surface area (Å²) in [6, 6.07) is 4.02. The van der Waals surface area contributed by atoms with Crippen molar-refractivity contribution in [1.29, 1.82) is 0 Å². The smallest absolute Gasteiger partial charge is 0.272 e. The van der Waals surface area contributed by atoms with Gasteiger partial charge in [0.25, 0.3) is 5.91 Å². The summed E-state index contributed by atoms with van der Waals surface area (Å²) in [5, 5.41) is 7.51. The lowest BCUT2D eigenvalue weighted by molar-refractivity contribution is 0.0919. The van der Waals surface area contributed by atoms with Crippen LogP contribution in [-0.4, -0.2) is 27.8 Å². The van der Waals surface area contributed by atoms with Crippen LogP contribution in [0, 0.1) is 11.6 Å². The number of rotatable bonds is 3. The normalized spacial score (nSPS) is 21.4. The van der Waals surface area contributed by atoms with Crippen LogP contribution in [0.3, 0.4) is 0 Å². The highest BCUT2D eigenvalue weighted by Gasteiger charge is 2.29. The van der Waals surface area contributed by atoms with E-state index in [1.807, 2.05) is 0 Å². The Balaban J connectivity index is 0.00000210. The molecular weight excluding hydrogens is 374 g/mol. The molecule has 1 amide bonds. The van der Waals surface area contributed by atoms with E-state index in [4.69, 9.17) is 5.73 Å². The SMILES string of the molecule is Cl.NC1CCC(NC(=O)c2nn(-c3ccc(F)c(F)c3)c3c2CCC3)CC1. The molecule has 3 N–H and O–H groups in total. The van der Waals surface area contributed by atoms with Crippen LogP contribution >= 0.6 is 12.4 Å². The third-order valence-corrected chi connectivity index (χ3v) is 5.40. The first kappa shape index (κ1) is 19.8. The lowest BCUT2D eigenvalue weighted by Gasteiger charge is -2.26. The van der Waals surface area contributed by atoms with Crippen molar-refractivity contribution < 1.29 is 13.6 Å². The van der Waals surface area contributed by atoms with Crippen molar-refractivity contribution in [2.75, 3.05) is 0 Å². The van der Waals surface area contributed by atoms with Crippen LogP contribution in [0.2, 0.25) is 0 Å². The third kappa shape index (κ3) is 3.84. The standard InChI is InChI=1S/C19H22F2N4O.ClH/c20-15-9-8-13(10-16(15)21)25-17-3-1-2-14(17)18(24-25)19(26)23-12-6-4-11(22)5-7-12;/h8-12H,1-7,22H2,(H,23,26);1H. The Hall–Kier alpha value is -1.99. The van der Waals surface area contributed by atoms with Gasteiger partial charge in [-0.1, -0.05) is 0 Å². The van der Waals surface area contributed by atoms with Crippen molar-refractivity contribution in [2.45, 2.75) is 57.0 Å². The van der Waals surface area contributed by atoms with Gasteiger partial charge in [-0.2, -0.15) is 5.10 Å². The van der Waals surface area contributed by atoms with Crippen LogP contribution in [0.1, 0.15) is 53.8 Å². The van der Waals surface area contributed by atoms with Crippen LogP contribution in [0.25, 0.3) is 5.69 Å². The van der Waals surface area contributed by atoms with E-state index in [1.165, 1.54) is 6.07 Å². The summed E-state index contributed by atoms with van der Waals surface area (Å²) in [6.45, 7) is 0. The van der Waals surface area contributed by atoms with E-state index in [0.717, 1.165) is 68.3 Å². The van der Waals surface area contributed by atoms with Crippen molar-refractivity contribution in [3.8, 4) is 5.69 Å². The fourth-order valence-electron chi connectivity index (χ4n) is 3.97. The predicted octanol–water partition coefficient (Wildman–Crippen LogP) is 3.06. The van der Waals surface area contributed by atoms with Gasteiger partial charge in [-0.3, -0.25) is 4.79 Å². The minimum atomic E-state index is -0.922. The number of carbonyl (C=O) groups excluding carboxylic acids is 1. The Labute approximate surface area is 162 Å². The molecule has 0 aliphatic heterocycles. The Bertz CT molecular complexity index is 846. The van der Waals surface area contributed by atoms with Gasteiger partial charge in [0.1, 0.15) is 0 Å². The highest BCUT2D eigenvalue weighted by atomic mass is 35.5. The maximum absolute atomic E-state index is 13.6. The van der Waals surface area contributed by atoms with E-state index in [0.29, 0.717) is 11.4 Å². The molecule has 2 aliphatic carbocycles. The highest BCUT2D eigenvalue weighted by Crippen LogP contribution is 2.28. The summed E-state index contributed by atoms with van der Waals surface area (Å²) in [6.07, 6.45) is 6.04. The quantitative estimate of drug-likeness (QED) is 0.837. The average molecular weight is 397 g/mol. The zero-order valence-corrected chi connectivity index (χ0v) is 15.7. The van der Waals surface area contributed by atoms with Gasteiger partial charge >= 0.3 is 0 Å². The molecule has 0 radical (unpaired) electrons. The summed E-state index contributed by atoms with van der Waals surface area (Å²) in [5.41, 5.74) is 8.58. The number of hydrogen-bond donors (Lipinski definition) is 2. The van der Waals surface area contributed by atoms with Crippen molar-refractivity contribution in [3.63, 3.8) is 0 Å². The number of aromatic nitrogens is 2. The molecule has 1 aromatic heterocycles. The first-order valence-corrected chi connectivity index (χ1v) is 9.15. The van der Waals surface area contributed by atoms with Gasteiger partial charge in [0.15, 0.2) is 17.3 Å². The van der Waals surface area contributed by atoms with E-state index in [-0.39, 0.29) is 30.4 Å². The molecule has 2 aromatic rings. The van der Waals surface area contributed by atoms with E-state index in [2.05, 4.69) is 10.4 Å². The fraction of sp³-hybridized carbons (Fsp3) is 0.474. The van der Waals surface area contributed by atoms with Crippen LogP contribution in [0.5, 0.6) is 0 Å². The van der Waals surface area contributed by atoms with Crippen molar-refractivity contribution in [3.05, 3.63) is 46.8 Å². The molecule has 1 heterocycles. The molecule has 2 aliphatic rings. The lowest BCUT2D eigenvalue weighted by Crippen LogP contribution is -2.40. The van der Waals surface area contributed by atoms with Crippen molar-refractivity contribution >= 4 is 18.3 Å². The predicted molar refractivity (Wildman–Crippen MR) is 100 cm³/mol. The number of hydrogen-bond acceptors (Lipinski definition) is 3. The molecule has 4 rings (SSSR count). The number of benzene rings is 1. The Kier molecular flexibility index (Phi) is 5.81. The molecule has 0 saturated heterocycles. The number of nitrogens with two attached hydrogens (primary N) is 1. The summed E-state index contributed by atoms with van der Waals surface area (Å²) in [5.74, 6) is -2.01. The molecular formula is C19H23ClF2N4O. The maximum Gasteiger partial charge on any atom is 0.272 e. The van der Waals surface area contributed by atoms with Gasteiger partial charge in [0.05, 0.1) is 5.69 Å². The van der Waals surface area contributed by atoms with E-state index >= 15 is 0 Å². The Morgan fingerprint density at radius 1 is 1.15 bits per heavy atom. The van der Waals surface area contributed by atoms with Crippen LogP contribution in [-0.2, 0) is 12.8 Å². The van der Waals surface area contributed by atoms with Gasteiger partial charge in [-0.25, -0.2) is 13.5 Å². The average Bonchev–Trinajstić information content (AvgIpc) is 3.22. The number of halogens is 3. The molecule has 0 atom stereocenters. The summed E-state index contributed by atoms with van der Waals surface area (Å²) in [4.78, 5) is 12.8. The number of nitrogens with one attached hydrogen (secondary N) is 1. The topological polar surface area (TPSA) is 72.9 Å². The molecule has 5 nitrogen and oxygen atoms in total. The van der Waals surface area contributed by atoms with Crippen molar-refractivity contribution in [2.24, 2.45) is 5.73 Å². The zero-order valence-electron chi connectivity index (χ0n) is 14.9. The minimum Gasteiger partial charge on any atom is -0.348 e. The van der Waals surface area contributed by atoms with Gasteiger partial charge in [-0.15, -0.1) is 12.4 Å². The minimum absolute atomic E-state index is 0. The summed E-state index contributed by atoms with van der Waals surface area (Å²) >= 11 is 0. The summed E-state index contributed by atoms with van der Waals surface area (Å²) < 4.78 is 28.4. The second kappa shape index (κ2) is 7.94. The lowest BCUT2D eigenvalue weighted by atomic mass is 9.92. The number of nitrogens with zero attached hydrogens (tertiary/aromatic N) is 2. The molecule has 1 fully saturated rings. The third-order valence-electron chi connectivity index (χ3n) is 5.40. The van der Waals surface area contributed by atoms with Crippen LogP contribution < -0.4 is 11.1 Å². The van der Waals surface area contributed by atoms with Crippen LogP contribution in [0.15, 0.2) is 18.2 Å². The van der Waals surface area contributed by atoms with Crippen molar-refractivity contribution in [1.82, 2.24) is 15.1 Å². The first-order valence-electron chi connectivity index (χ1n) is 9.15. The molecule has 146 valence electrons. The number of fused-ring (bicyclic) bond motifs is 1. The highest BCUT2D eigenvalue weighted by molar-refractivity contribution is 5.94. The van der Waals surface area contributed by atoms with E-state index in [9.17, 15) is 13.6 Å². The van der Waals surface area contributed by atoms with Gasteiger partial charge in [0.2, 0.25) is 0 Å². The largest absolute Gasteiger partial charge is 0.348 e. The second-order valence-corrected chi connectivity index (χ2v) is 7.22. The number of amides is 1. The van der Waals surface area contributed by atoms with Crippen LogP contribution in [0.4, 0.5) is 8.78 Å². The van der Waals surface area contributed by atoms with E-state index in [1.54, 1.807) is 4.68 Å². The molecule has 1 aromatic carbocycles. The molecule has 8 heteroatoms. The molecule has 0 bridgehead atoms. The number of carbonyl (C=O) groups is 1. The van der Waals surface area contributed by atoms with Gasteiger partial charge in [-0.05, 0) is 57.1 Å². The van der Waals surface area contributed by atoms with E-state index < -0.39 is 11.6 Å². The molecule has 0 unspecified atom stereocenters. The van der Waals surface area contributed by atoms with Gasteiger partial charge in [0, 0.05) is 29.4 Å². The monoisotopic (exact) mass is 396 g/mol. The molecule has 1 saturated carbocycles. The summed E-state index contributed by atoms with van der Waals surface area (Å²) in [7, 11) is 0. The zero-order chi connectivity index (χ0) is 18.3. The first-order chi connectivity index (χ1) is 12.5. The Morgan fingerprint density at radius 2 is 1.89 bits per heavy atom. The Morgan fingerprint density at radius 3 is 2.59 bits per heavy atom.